The van der Waals surface area contributed by atoms with Crippen LogP contribution in [0, 0.1) is 6.92 Å². The molecule has 7 nitrogen and oxygen atoms in total. The van der Waals surface area contributed by atoms with Crippen LogP contribution >= 0.6 is 11.6 Å². The average molecular weight is 372 g/mol. The van der Waals surface area contributed by atoms with Crippen molar-refractivity contribution in [2.45, 2.75) is 20.4 Å². The Morgan fingerprint density at radius 2 is 2.12 bits per heavy atom. The van der Waals surface area contributed by atoms with Crippen LogP contribution in [0.2, 0.25) is 5.02 Å². The summed E-state index contributed by atoms with van der Waals surface area (Å²) in [5.74, 6) is 0.230. The molecule has 3 aromatic rings. The number of halogens is 1. The summed E-state index contributed by atoms with van der Waals surface area (Å²) in [4.78, 5) is 18.0. The molecule has 0 aliphatic heterocycles. The van der Waals surface area contributed by atoms with Crippen molar-refractivity contribution in [2.24, 2.45) is 0 Å². The van der Waals surface area contributed by atoms with E-state index in [0.717, 1.165) is 5.56 Å². The molecule has 0 radical (unpaired) electrons. The highest BCUT2D eigenvalue weighted by Gasteiger charge is 2.16. The quantitative estimate of drug-likeness (QED) is 0.720. The largest absolute Gasteiger partial charge is 0.478 e. The minimum absolute atomic E-state index is 0.268. The monoisotopic (exact) mass is 371 g/mol. The van der Waals surface area contributed by atoms with Gasteiger partial charge in [0.05, 0.1) is 18.0 Å². The lowest BCUT2D eigenvalue weighted by Crippen LogP contribution is -2.24. The number of aryl methyl sites for hydroxylation is 1. The van der Waals surface area contributed by atoms with E-state index in [2.05, 4.69) is 20.5 Å². The van der Waals surface area contributed by atoms with Gasteiger partial charge >= 0.3 is 0 Å². The molecule has 0 atom stereocenters. The van der Waals surface area contributed by atoms with Crippen molar-refractivity contribution < 1.29 is 9.53 Å². The van der Waals surface area contributed by atoms with Crippen molar-refractivity contribution in [2.75, 3.05) is 6.61 Å². The number of aromatic nitrogens is 4. The predicted octanol–water partition coefficient (Wildman–Crippen LogP) is 2.95. The first kappa shape index (κ1) is 17.9. The van der Waals surface area contributed by atoms with E-state index in [1.165, 1.54) is 4.80 Å². The first-order valence-electron chi connectivity index (χ1n) is 8.12. The number of carbonyl (C=O) groups excluding carboxylic acids is 1. The number of hydrogen-bond acceptors (Lipinski definition) is 5. The minimum Gasteiger partial charge on any atom is -0.478 e. The summed E-state index contributed by atoms with van der Waals surface area (Å²) < 4.78 is 5.36. The molecule has 1 amide bonds. The SMILES string of the molecule is CCOc1cc(CNC(=O)c2nn(-c3cccc(Cl)c3)nc2C)ccn1. The summed E-state index contributed by atoms with van der Waals surface area (Å²) in [7, 11) is 0. The summed E-state index contributed by atoms with van der Waals surface area (Å²) in [6.07, 6.45) is 1.65. The van der Waals surface area contributed by atoms with Crippen molar-refractivity contribution in [3.05, 3.63) is 64.6 Å². The van der Waals surface area contributed by atoms with Crippen molar-refractivity contribution in [3.63, 3.8) is 0 Å². The lowest BCUT2D eigenvalue weighted by molar-refractivity contribution is 0.0945. The number of hydrogen-bond donors (Lipinski definition) is 1. The fourth-order valence-corrected chi connectivity index (χ4v) is 2.54. The number of rotatable bonds is 6. The minimum atomic E-state index is -0.300. The molecule has 0 spiro atoms. The second-order valence-electron chi connectivity index (χ2n) is 5.52. The van der Waals surface area contributed by atoms with Crippen LogP contribution in [-0.2, 0) is 6.54 Å². The molecule has 0 saturated carbocycles. The van der Waals surface area contributed by atoms with Crippen LogP contribution in [0.1, 0.15) is 28.7 Å². The maximum Gasteiger partial charge on any atom is 0.274 e. The molecule has 26 heavy (non-hydrogen) atoms. The molecule has 0 saturated heterocycles. The van der Waals surface area contributed by atoms with Crippen molar-refractivity contribution >= 4 is 17.5 Å². The van der Waals surface area contributed by atoms with Gasteiger partial charge in [-0.05, 0) is 43.7 Å². The second kappa shape index (κ2) is 7.97. The van der Waals surface area contributed by atoms with Crippen LogP contribution in [0.4, 0.5) is 0 Å². The van der Waals surface area contributed by atoms with Crippen LogP contribution < -0.4 is 10.1 Å². The molecule has 0 aliphatic carbocycles. The number of carbonyl (C=O) groups is 1. The first-order valence-corrected chi connectivity index (χ1v) is 8.50. The van der Waals surface area contributed by atoms with Gasteiger partial charge in [0.25, 0.3) is 5.91 Å². The van der Waals surface area contributed by atoms with Gasteiger partial charge in [0.1, 0.15) is 0 Å². The van der Waals surface area contributed by atoms with Gasteiger partial charge in [0.15, 0.2) is 5.69 Å². The third-order valence-electron chi connectivity index (χ3n) is 3.58. The lowest BCUT2D eigenvalue weighted by Gasteiger charge is -2.06. The van der Waals surface area contributed by atoms with Gasteiger partial charge in [-0.15, -0.1) is 5.10 Å². The van der Waals surface area contributed by atoms with Gasteiger partial charge in [-0.2, -0.15) is 9.90 Å². The second-order valence-corrected chi connectivity index (χ2v) is 5.96. The average Bonchev–Trinajstić information content (AvgIpc) is 3.02. The Morgan fingerprint density at radius 3 is 2.88 bits per heavy atom. The molecule has 1 N–H and O–H groups in total. The molecule has 134 valence electrons. The number of nitrogens with zero attached hydrogens (tertiary/aromatic N) is 4. The fourth-order valence-electron chi connectivity index (χ4n) is 2.36. The highest BCUT2D eigenvalue weighted by atomic mass is 35.5. The van der Waals surface area contributed by atoms with Gasteiger partial charge in [0, 0.05) is 23.8 Å². The van der Waals surface area contributed by atoms with E-state index in [4.69, 9.17) is 16.3 Å². The zero-order valence-electron chi connectivity index (χ0n) is 14.4. The Balaban J connectivity index is 1.71. The van der Waals surface area contributed by atoms with Gasteiger partial charge < -0.3 is 10.1 Å². The number of amides is 1. The Labute approximate surface area is 156 Å². The number of pyridine rings is 1. The summed E-state index contributed by atoms with van der Waals surface area (Å²) in [6.45, 7) is 4.50. The van der Waals surface area contributed by atoms with E-state index in [1.807, 2.05) is 19.1 Å². The molecular weight excluding hydrogens is 354 g/mol. The summed E-state index contributed by atoms with van der Waals surface area (Å²) in [5, 5.41) is 12.0. The summed E-state index contributed by atoms with van der Waals surface area (Å²) in [6, 6.07) is 10.7. The van der Waals surface area contributed by atoms with E-state index < -0.39 is 0 Å². The Hall–Kier alpha value is -2.93. The highest BCUT2D eigenvalue weighted by Crippen LogP contribution is 2.15. The molecule has 3 rings (SSSR count). The standard InChI is InChI=1S/C18H18ClN5O2/c1-3-26-16-9-13(7-8-20-16)11-21-18(25)17-12(2)22-24(23-17)15-6-4-5-14(19)10-15/h4-10H,3,11H2,1-2H3,(H,21,25). The van der Waals surface area contributed by atoms with Crippen LogP contribution in [0.5, 0.6) is 5.88 Å². The molecule has 0 fully saturated rings. The van der Waals surface area contributed by atoms with Crippen molar-refractivity contribution in [1.82, 2.24) is 25.3 Å². The Morgan fingerprint density at radius 1 is 1.27 bits per heavy atom. The van der Waals surface area contributed by atoms with E-state index >= 15 is 0 Å². The number of ether oxygens (including phenoxy) is 1. The predicted molar refractivity (Wildman–Crippen MR) is 97.7 cm³/mol. The molecule has 8 heteroatoms. The molecule has 1 aromatic carbocycles. The lowest BCUT2D eigenvalue weighted by atomic mass is 10.2. The van der Waals surface area contributed by atoms with Crippen molar-refractivity contribution in [3.8, 4) is 11.6 Å². The van der Waals surface area contributed by atoms with Gasteiger partial charge in [-0.1, -0.05) is 17.7 Å². The summed E-state index contributed by atoms with van der Waals surface area (Å²) in [5.41, 5.74) is 2.38. The molecule has 0 unspecified atom stereocenters. The number of nitrogens with one attached hydrogen (secondary N) is 1. The third kappa shape index (κ3) is 4.18. The third-order valence-corrected chi connectivity index (χ3v) is 3.82. The van der Waals surface area contributed by atoms with Crippen LogP contribution in [-0.4, -0.2) is 32.5 Å². The van der Waals surface area contributed by atoms with Gasteiger partial charge in [0.2, 0.25) is 5.88 Å². The summed E-state index contributed by atoms with van der Waals surface area (Å²) >= 11 is 5.99. The van der Waals surface area contributed by atoms with E-state index in [-0.39, 0.29) is 11.6 Å². The van der Waals surface area contributed by atoms with E-state index in [1.54, 1.807) is 37.4 Å². The van der Waals surface area contributed by atoms with Crippen LogP contribution in [0.3, 0.4) is 0 Å². The molecule has 0 aliphatic rings. The maximum atomic E-state index is 12.5. The zero-order chi connectivity index (χ0) is 18.5. The Kier molecular flexibility index (Phi) is 5.48. The topological polar surface area (TPSA) is 81.9 Å². The Bertz CT molecular complexity index is 925. The van der Waals surface area contributed by atoms with E-state index in [0.29, 0.717) is 35.4 Å². The van der Waals surface area contributed by atoms with Gasteiger partial charge in [-0.3, -0.25) is 4.79 Å². The highest BCUT2D eigenvalue weighted by molar-refractivity contribution is 6.30. The molecular formula is C18H18ClN5O2. The number of benzene rings is 1. The van der Waals surface area contributed by atoms with Gasteiger partial charge in [-0.25, -0.2) is 4.98 Å². The van der Waals surface area contributed by atoms with Crippen LogP contribution in [0.25, 0.3) is 5.69 Å². The van der Waals surface area contributed by atoms with E-state index in [9.17, 15) is 4.79 Å². The molecule has 0 bridgehead atoms. The first-order chi connectivity index (χ1) is 12.6. The maximum absolute atomic E-state index is 12.5. The fraction of sp³-hybridized carbons (Fsp3) is 0.222. The molecule has 2 heterocycles. The molecule has 2 aromatic heterocycles. The normalized spacial score (nSPS) is 10.6. The van der Waals surface area contributed by atoms with Crippen molar-refractivity contribution in [1.29, 1.82) is 0 Å². The zero-order valence-corrected chi connectivity index (χ0v) is 15.2. The smallest absolute Gasteiger partial charge is 0.274 e. The van der Waals surface area contributed by atoms with Crippen LogP contribution in [0.15, 0.2) is 42.6 Å².